The number of aryl methyl sites for hydroxylation is 1. The number of nitrogens with one attached hydrogen (secondary N) is 2. The zero-order valence-corrected chi connectivity index (χ0v) is 12.0. The Morgan fingerprint density at radius 3 is 2.52 bits per heavy atom. The van der Waals surface area contributed by atoms with Gasteiger partial charge in [0.2, 0.25) is 10.0 Å². The molecule has 4 N–H and O–H groups in total. The zero-order valence-electron chi connectivity index (χ0n) is 11.2. The maximum Gasteiger partial charge on any atom is 0.320 e. The molecule has 0 aliphatic carbocycles. The predicted octanol–water partition coefficient (Wildman–Crippen LogP) is 0.952. The van der Waals surface area contributed by atoms with Crippen molar-refractivity contribution in [3.05, 3.63) is 41.7 Å². The molecule has 21 heavy (non-hydrogen) atoms. The van der Waals surface area contributed by atoms with E-state index in [0.717, 1.165) is 5.56 Å². The van der Waals surface area contributed by atoms with E-state index in [2.05, 4.69) is 15.8 Å². The van der Waals surface area contributed by atoms with Crippen LogP contribution in [-0.2, 0) is 16.6 Å². The summed E-state index contributed by atoms with van der Waals surface area (Å²) in [5, 5.41) is 13.7. The number of sulfonamides is 1. The monoisotopic (exact) mass is 310 g/mol. The number of primary sulfonamides is 1. The van der Waals surface area contributed by atoms with Crippen LogP contribution >= 0.6 is 0 Å². The fourth-order valence-corrected chi connectivity index (χ4v) is 2.08. The Balaban J connectivity index is 1.89. The van der Waals surface area contributed by atoms with Gasteiger partial charge in [0.05, 0.1) is 4.90 Å². The normalized spacial score (nSPS) is 11.1. The number of carbonyl (C=O) groups excluding carboxylic acids is 1. The first-order valence-electron chi connectivity index (χ1n) is 5.94. The third-order valence-corrected chi connectivity index (χ3v) is 3.50. The Morgan fingerprint density at radius 2 is 2.00 bits per heavy atom. The summed E-state index contributed by atoms with van der Waals surface area (Å²) in [6, 6.07) is 7.04. The average Bonchev–Trinajstić information content (AvgIpc) is 2.81. The molecule has 112 valence electrons. The second kappa shape index (κ2) is 5.94. The number of nitrogens with zero attached hydrogens (tertiary/aromatic N) is 1. The van der Waals surface area contributed by atoms with Gasteiger partial charge in [-0.1, -0.05) is 17.3 Å². The van der Waals surface area contributed by atoms with E-state index >= 15 is 0 Å². The molecular weight excluding hydrogens is 296 g/mol. The highest BCUT2D eigenvalue weighted by Gasteiger charge is 2.08. The minimum Gasteiger partial charge on any atom is -0.360 e. The summed E-state index contributed by atoms with van der Waals surface area (Å²) in [7, 11) is -3.71. The smallest absolute Gasteiger partial charge is 0.320 e. The number of hydrogen-bond acceptors (Lipinski definition) is 5. The Hall–Kier alpha value is -2.39. The molecule has 0 aliphatic rings. The van der Waals surface area contributed by atoms with Crippen LogP contribution in [-0.4, -0.2) is 19.6 Å². The van der Waals surface area contributed by atoms with Gasteiger partial charge in [-0.2, -0.15) is 0 Å². The van der Waals surface area contributed by atoms with Gasteiger partial charge in [0, 0.05) is 12.6 Å². The summed E-state index contributed by atoms with van der Waals surface area (Å²) in [5.41, 5.74) is 0.730. The highest BCUT2D eigenvalue weighted by atomic mass is 32.2. The number of aromatic nitrogens is 1. The van der Waals surface area contributed by atoms with Gasteiger partial charge in [-0.15, -0.1) is 0 Å². The molecule has 9 heteroatoms. The van der Waals surface area contributed by atoms with Gasteiger partial charge < -0.3 is 9.84 Å². The topological polar surface area (TPSA) is 127 Å². The fraction of sp³-hybridized carbons (Fsp3) is 0.167. The van der Waals surface area contributed by atoms with Crippen LogP contribution in [0.15, 0.2) is 39.8 Å². The van der Waals surface area contributed by atoms with Crippen LogP contribution in [0, 0.1) is 6.92 Å². The molecule has 1 aromatic carbocycles. The Bertz CT molecular complexity index is 737. The molecule has 0 spiro atoms. The number of nitrogens with two attached hydrogens (primary N) is 1. The van der Waals surface area contributed by atoms with E-state index in [1.54, 1.807) is 25.1 Å². The lowest BCUT2D eigenvalue weighted by molar-refractivity contribution is 0.251. The van der Waals surface area contributed by atoms with Gasteiger partial charge in [-0.25, -0.2) is 18.4 Å². The first-order chi connectivity index (χ1) is 9.84. The molecule has 1 aromatic heterocycles. The summed E-state index contributed by atoms with van der Waals surface area (Å²) in [6.45, 7) is 1.94. The fourth-order valence-electron chi connectivity index (χ4n) is 1.57. The summed E-state index contributed by atoms with van der Waals surface area (Å²) in [6.07, 6.45) is 0. The summed E-state index contributed by atoms with van der Waals surface area (Å²) < 4.78 is 27.0. The molecule has 0 fully saturated rings. The van der Waals surface area contributed by atoms with Crippen molar-refractivity contribution in [1.29, 1.82) is 0 Å². The van der Waals surface area contributed by atoms with Gasteiger partial charge in [0.1, 0.15) is 5.76 Å². The maximum absolute atomic E-state index is 11.6. The molecular formula is C12H14N4O4S. The lowest BCUT2D eigenvalue weighted by atomic mass is 10.2. The van der Waals surface area contributed by atoms with Crippen molar-refractivity contribution in [3.63, 3.8) is 0 Å². The van der Waals surface area contributed by atoms with E-state index in [0.29, 0.717) is 11.6 Å². The van der Waals surface area contributed by atoms with Gasteiger partial charge in [-0.3, -0.25) is 5.32 Å². The molecule has 2 rings (SSSR count). The SMILES string of the molecule is Cc1cc(NC(=O)NCc2ccc(S(N)(=O)=O)cc2)no1. The second-order valence-corrected chi connectivity index (χ2v) is 5.88. The van der Waals surface area contributed by atoms with Gasteiger partial charge in [-0.05, 0) is 24.6 Å². The quantitative estimate of drug-likeness (QED) is 0.774. The van der Waals surface area contributed by atoms with E-state index in [1.807, 2.05) is 0 Å². The van der Waals surface area contributed by atoms with E-state index in [-0.39, 0.29) is 11.4 Å². The van der Waals surface area contributed by atoms with E-state index < -0.39 is 16.1 Å². The van der Waals surface area contributed by atoms with Crippen molar-refractivity contribution in [2.75, 3.05) is 5.32 Å². The van der Waals surface area contributed by atoms with E-state index in [1.165, 1.54) is 12.1 Å². The molecule has 0 unspecified atom stereocenters. The van der Waals surface area contributed by atoms with Gasteiger partial charge >= 0.3 is 6.03 Å². The first kappa shape index (κ1) is 15.0. The third-order valence-electron chi connectivity index (χ3n) is 2.57. The number of benzene rings is 1. The molecule has 0 saturated heterocycles. The minimum absolute atomic E-state index is 0.0220. The Morgan fingerprint density at radius 1 is 1.33 bits per heavy atom. The highest BCUT2D eigenvalue weighted by Crippen LogP contribution is 2.09. The number of urea groups is 1. The van der Waals surface area contributed by atoms with Crippen LogP contribution in [0.4, 0.5) is 10.6 Å². The largest absolute Gasteiger partial charge is 0.360 e. The minimum atomic E-state index is -3.71. The molecule has 0 atom stereocenters. The van der Waals surface area contributed by atoms with Crippen molar-refractivity contribution in [2.45, 2.75) is 18.4 Å². The van der Waals surface area contributed by atoms with Crippen LogP contribution in [0.5, 0.6) is 0 Å². The number of carbonyl (C=O) groups is 1. The van der Waals surface area contributed by atoms with Crippen molar-refractivity contribution < 1.29 is 17.7 Å². The summed E-state index contributed by atoms with van der Waals surface area (Å²) in [4.78, 5) is 11.6. The maximum atomic E-state index is 11.6. The predicted molar refractivity (Wildman–Crippen MR) is 74.9 cm³/mol. The molecule has 8 nitrogen and oxygen atoms in total. The first-order valence-corrected chi connectivity index (χ1v) is 7.49. The van der Waals surface area contributed by atoms with Crippen molar-refractivity contribution in [1.82, 2.24) is 10.5 Å². The van der Waals surface area contributed by atoms with E-state index in [9.17, 15) is 13.2 Å². The van der Waals surface area contributed by atoms with Crippen LogP contribution in [0.3, 0.4) is 0 Å². The number of hydrogen-bond donors (Lipinski definition) is 3. The summed E-state index contributed by atoms with van der Waals surface area (Å²) >= 11 is 0. The summed E-state index contributed by atoms with van der Waals surface area (Å²) in [5.74, 6) is 0.901. The standard InChI is InChI=1S/C12H14N4O4S/c1-8-6-11(16-20-8)15-12(17)14-7-9-2-4-10(5-3-9)21(13,18)19/h2-6H,7H2,1H3,(H2,13,18,19)(H2,14,15,16,17). The number of amides is 2. The Labute approximate surface area is 121 Å². The molecule has 0 saturated carbocycles. The number of rotatable bonds is 4. The molecule has 0 bridgehead atoms. The number of anilines is 1. The Kier molecular flexibility index (Phi) is 4.24. The molecule has 0 aliphatic heterocycles. The van der Waals surface area contributed by atoms with Gasteiger partial charge in [0.15, 0.2) is 5.82 Å². The molecule has 2 aromatic rings. The zero-order chi connectivity index (χ0) is 15.5. The van der Waals surface area contributed by atoms with Crippen LogP contribution in [0.25, 0.3) is 0 Å². The van der Waals surface area contributed by atoms with Crippen LogP contribution < -0.4 is 15.8 Å². The molecule has 0 radical (unpaired) electrons. The van der Waals surface area contributed by atoms with Crippen LogP contribution in [0.1, 0.15) is 11.3 Å². The lowest BCUT2D eigenvalue weighted by Crippen LogP contribution is -2.28. The van der Waals surface area contributed by atoms with Crippen molar-refractivity contribution in [3.8, 4) is 0 Å². The lowest BCUT2D eigenvalue weighted by Gasteiger charge is -2.06. The highest BCUT2D eigenvalue weighted by molar-refractivity contribution is 7.89. The molecule has 1 heterocycles. The third kappa shape index (κ3) is 4.29. The van der Waals surface area contributed by atoms with Gasteiger partial charge in [0.25, 0.3) is 0 Å². The molecule has 2 amide bonds. The van der Waals surface area contributed by atoms with Crippen molar-refractivity contribution >= 4 is 21.9 Å². The average molecular weight is 310 g/mol. The van der Waals surface area contributed by atoms with E-state index in [4.69, 9.17) is 9.66 Å². The van der Waals surface area contributed by atoms with Crippen molar-refractivity contribution in [2.24, 2.45) is 5.14 Å². The second-order valence-electron chi connectivity index (χ2n) is 4.32. The van der Waals surface area contributed by atoms with Crippen LogP contribution in [0.2, 0.25) is 0 Å².